The standard InChI is InChI=1S/C20H27N5O2.HI/c1-2-21-20(23-12-11-22-19(26)18-9-6-14-27-18)24-16-10-13-25(15-16)17-7-4-3-5-8-17;/h3-9,14,16H,2,10-13,15H2,1H3,(H,22,26)(H2,21,23,24);1H. The highest BCUT2D eigenvalue weighted by atomic mass is 127. The third-order valence-electron chi connectivity index (χ3n) is 4.41. The molecule has 0 spiro atoms. The summed E-state index contributed by atoms with van der Waals surface area (Å²) in [6.07, 6.45) is 2.55. The van der Waals surface area contributed by atoms with Crippen molar-refractivity contribution in [2.45, 2.75) is 19.4 Å². The number of halogens is 1. The Hall–Kier alpha value is -2.23. The number of para-hydroxylation sites is 1. The van der Waals surface area contributed by atoms with Crippen LogP contribution >= 0.6 is 24.0 Å². The predicted molar refractivity (Wildman–Crippen MR) is 123 cm³/mol. The first-order chi connectivity index (χ1) is 13.3. The fourth-order valence-corrected chi connectivity index (χ4v) is 3.10. The molecule has 1 saturated heterocycles. The summed E-state index contributed by atoms with van der Waals surface area (Å²) >= 11 is 0. The molecule has 1 unspecified atom stereocenters. The molecule has 0 aliphatic carbocycles. The second-order valence-electron chi connectivity index (χ2n) is 6.41. The molecule has 152 valence electrons. The number of furan rings is 1. The fourth-order valence-electron chi connectivity index (χ4n) is 3.10. The highest BCUT2D eigenvalue weighted by Crippen LogP contribution is 2.19. The Morgan fingerprint density at radius 2 is 2.04 bits per heavy atom. The number of aliphatic imine (C=N–C) groups is 1. The van der Waals surface area contributed by atoms with Gasteiger partial charge in [-0.05, 0) is 37.6 Å². The zero-order chi connectivity index (χ0) is 18.9. The molecule has 28 heavy (non-hydrogen) atoms. The number of anilines is 1. The van der Waals surface area contributed by atoms with E-state index in [0.717, 1.165) is 32.0 Å². The third kappa shape index (κ3) is 6.43. The summed E-state index contributed by atoms with van der Waals surface area (Å²) < 4.78 is 5.07. The van der Waals surface area contributed by atoms with E-state index in [9.17, 15) is 4.79 Å². The Labute approximate surface area is 183 Å². The lowest BCUT2D eigenvalue weighted by Gasteiger charge is -2.20. The van der Waals surface area contributed by atoms with Crippen molar-refractivity contribution in [1.82, 2.24) is 16.0 Å². The van der Waals surface area contributed by atoms with Gasteiger partial charge in [0.1, 0.15) is 0 Å². The Morgan fingerprint density at radius 3 is 2.75 bits per heavy atom. The third-order valence-corrected chi connectivity index (χ3v) is 4.41. The number of nitrogens with one attached hydrogen (secondary N) is 3. The van der Waals surface area contributed by atoms with Crippen molar-refractivity contribution >= 4 is 41.5 Å². The summed E-state index contributed by atoms with van der Waals surface area (Å²) in [7, 11) is 0. The van der Waals surface area contributed by atoms with E-state index in [0.29, 0.717) is 24.9 Å². The molecule has 1 aliphatic rings. The van der Waals surface area contributed by atoms with Crippen LogP contribution in [0.4, 0.5) is 5.69 Å². The van der Waals surface area contributed by atoms with Crippen molar-refractivity contribution in [1.29, 1.82) is 0 Å². The SMILES string of the molecule is CCNC(=NCCNC(=O)c1ccco1)NC1CCN(c2ccccc2)C1.I. The summed E-state index contributed by atoms with van der Waals surface area (Å²) in [5, 5.41) is 9.57. The van der Waals surface area contributed by atoms with Crippen LogP contribution in [0, 0.1) is 0 Å². The number of amides is 1. The van der Waals surface area contributed by atoms with E-state index in [1.807, 2.05) is 13.0 Å². The molecule has 1 atom stereocenters. The number of guanidine groups is 1. The fraction of sp³-hybridized carbons (Fsp3) is 0.400. The van der Waals surface area contributed by atoms with Crippen LogP contribution in [0.3, 0.4) is 0 Å². The maximum absolute atomic E-state index is 11.8. The van der Waals surface area contributed by atoms with Gasteiger partial charge in [-0.25, -0.2) is 0 Å². The summed E-state index contributed by atoms with van der Waals surface area (Å²) in [6.45, 7) is 5.76. The van der Waals surface area contributed by atoms with Crippen LogP contribution < -0.4 is 20.9 Å². The van der Waals surface area contributed by atoms with E-state index in [1.165, 1.54) is 12.0 Å². The summed E-state index contributed by atoms with van der Waals surface area (Å²) in [5.74, 6) is 0.878. The molecule has 1 aliphatic heterocycles. The minimum absolute atomic E-state index is 0. The lowest BCUT2D eigenvalue weighted by atomic mass is 10.3. The van der Waals surface area contributed by atoms with Crippen LogP contribution in [0.1, 0.15) is 23.9 Å². The molecule has 8 heteroatoms. The molecule has 1 aromatic heterocycles. The lowest BCUT2D eigenvalue weighted by molar-refractivity contribution is 0.0927. The quantitative estimate of drug-likeness (QED) is 0.237. The highest BCUT2D eigenvalue weighted by molar-refractivity contribution is 14.0. The van der Waals surface area contributed by atoms with Gasteiger partial charge in [-0.1, -0.05) is 18.2 Å². The van der Waals surface area contributed by atoms with Crippen LogP contribution in [-0.4, -0.2) is 50.6 Å². The molecular formula is C20H28IN5O2. The van der Waals surface area contributed by atoms with Gasteiger partial charge in [-0.2, -0.15) is 0 Å². The number of hydrogen-bond donors (Lipinski definition) is 3. The molecule has 1 amide bonds. The molecule has 0 bridgehead atoms. The van der Waals surface area contributed by atoms with E-state index < -0.39 is 0 Å². The number of benzene rings is 1. The second-order valence-corrected chi connectivity index (χ2v) is 6.41. The second kappa shape index (κ2) is 11.6. The first-order valence-electron chi connectivity index (χ1n) is 9.43. The van der Waals surface area contributed by atoms with Crippen molar-refractivity contribution in [3.63, 3.8) is 0 Å². The van der Waals surface area contributed by atoms with E-state index >= 15 is 0 Å². The van der Waals surface area contributed by atoms with E-state index in [2.05, 4.69) is 50.1 Å². The Balaban J connectivity index is 0.00000280. The van der Waals surface area contributed by atoms with Gasteiger partial charge in [-0.3, -0.25) is 9.79 Å². The minimum Gasteiger partial charge on any atom is -0.459 e. The summed E-state index contributed by atoms with van der Waals surface area (Å²) in [4.78, 5) is 18.8. The predicted octanol–water partition coefficient (Wildman–Crippen LogP) is 2.46. The van der Waals surface area contributed by atoms with Crippen molar-refractivity contribution in [2.75, 3.05) is 37.6 Å². The van der Waals surface area contributed by atoms with E-state index in [-0.39, 0.29) is 29.9 Å². The van der Waals surface area contributed by atoms with Gasteiger partial charge in [0.15, 0.2) is 11.7 Å². The maximum Gasteiger partial charge on any atom is 0.287 e. The normalized spacial score (nSPS) is 16.4. The molecule has 1 fully saturated rings. The zero-order valence-corrected chi connectivity index (χ0v) is 18.4. The van der Waals surface area contributed by atoms with Gasteiger partial charge in [-0.15, -0.1) is 24.0 Å². The summed E-state index contributed by atoms with van der Waals surface area (Å²) in [6, 6.07) is 14.1. The minimum atomic E-state index is -0.220. The number of nitrogens with zero attached hydrogens (tertiary/aromatic N) is 2. The van der Waals surface area contributed by atoms with E-state index in [4.69, 9.17) is 4.42 Å². The monoisotopic (exact) mass is 497 g/mol. The summed E-state index contributed by atoms with van der Waals surface area (Å²) in [5.41, 5.74) is 1.25. The van der Waals surface area contributed by atoms with Gasteiger partial charge >= 0.3 is 0 Å². The number of carbonyl (C=O) groups excluding carboxylic acids is 1. The molecule has 3 N–H and O–H groups in total. The van der Waals surface area contributed by atoms with Gasteiger partial charge in [0.25, 0.3) is 5.91 Å². The Kier molecular flexibility index (Phi) is 9.12. The lowest BCUT2D eigenvalue weighted by Crippen LogP contribution is -2.45. The van der Waals surface area contributed by atoms with Crippen LogP contribution in [0.25, 0.3) is 0 Å². The first kappa shape index (κ1) is 22.1. The highest BCUT2D eigenvalue weighted by Gasteiger charge is 2.23. The van der Waals surface area contributed by atoms with Crippen LogP contribution in [0.15, 0.2) is 58.1 Å². The number of carbonyl (C=O) groups is 1. The Morgan fingerprint density at radius 1 is 1.21 bits per heavy atom. The topological polar surface area (TPSA) is 81.9 Å². The van der Waals surface area contributed by atoms with Crippen molar-refractivity contribution in [2.24, 2.45) is 4.99 Å². The molecular weight excluding hydrogens is 469 g/mol. The molecule has 0 saturated carbocycles. The molecule has 3 rings (SSSR count). The van der Waals surface area contributed by atoms with Crippen LogP contribution in [0.2, 0.25) is 0 Å². The molecule has 2 heterocycles. The smallest absolute Gasteiger partial charge is 0.287 e. The average Bonchev–Trinajstić information content (AvgIpc) is 3.38. The number of hydrogen-bond acceptors (Lipinski definition) is 4. The molecule has 2 aromatic rings. The maximum atomic E-state index is 11.8. The number of rotatable bonds is 7. The van der Waals surface area contributed by atoms with Crippen molar-refractivity contribution < 1.29 is 9.21 Å². The van der Waals surface area contributed by atoms with Crippen LogP contribution in [-0.2, 0) is 0 Å². The van der Waals surface area contributed by atoms with E-state index in [1.54, 1.807) is 12.1 Å². The van der Waals surface area contributed by atoms with Crippen molar-refractivity contribution in [3.8, 4) is 0 Å². The van der Waals surface area contributed by atoms with Crippen LogP contribution in [0.5, 0.6) is 0 Å². The van der Waals surface area contributed by atoms with Gasteiger partial charge in [0, 0.05) is 37.9 Å². The van der Waals surface area contributed by atoms with Gasteiger partial charge < -0.3 is 25.3 Å². The largest absolute Gasteiger partial charge is 0.459 e. The average molecular weight is 497 g/mol. The van der Waals surface area contributed by atoms with Gasteiger partial charge in [0.05, 0.1) is 12.8 Å². The zero-order valence-electron chi connectivity index (χ0n) is 16.1. The van der Waals surface area contributed by atoms with Gasteiger partial charge in [0.2, 0.25) is 0 Å². The first-order valence-corrected chi connectivity index (χ1v) is 9.43. The molecule has 7 nitrogen and oxygen atoms in total. The molecule has 1 aromatic carbocycles. The Bertz CT molecular complexity index is 736. The molecule has 0 radical (unpaired) electrons. The van der Waals surface area contributed by atoms with Crippen molar-refractivity contribution in [3.05, 3.63) is 54.5 Å².